The molecule has 8 nitrogen and oxygen atoms in total. The number of nitrogens with zero attached hydrogens (tertiary/aromatic N) is 3. The van der Waals surface area contributed by atoms with E-state index in [4.69, 9.17) is 4.74 Å². The van der Waals surface area contributed by atoms with Gasteiger partial charge in [-0.25, -0.2) is 4.99 Å². The van der Waals surface area contributed by atoms with Crippen LogP contribution in [0.5, 0.6) is 0 Å². The summed E-state index contributed by atoms with van der Waals surface area (Å²) in [6.45, 7) is 14.5. The van der Waals surface area contributed by atoms with Crippen LogP contribution in [0.1, 0.15) is 52.5 Å². The number of rotatable bonds is 15. The summed E-state index contributed by atoms with van der Waals surface area (Å²) >= 11 is 0. The molecule has 0 amide bonds. The highest BCUT2D eigenvalue weighted by atomic mass is 16.6. The van der Waals surface area contributed by atoms with E-state index in [-0.39, 0.29) is 10.6 Å². The van der Waals surface area contributed by atoms with Crippen LogP contribution >= 0.6 is 0 Å². The standard InChI is InChI=1S/C22H39N5O3/c1-5-26(6-2)16-8-10-19(4)25-22(23-15-9-17-30-7-3)24-18-20-11-13-21(14-12-20)27(28)29/h11-14,19H,5-10,15-18H2,1-4H3,(H2,23,24,25). The Morgan fingerprint density at radius 2 is 1.90 bits per heavy atom. The van der Waals surface area contributed by atoms with Crippen molar-refractivity contribution in [2.24, 2.45) is 4.99 Å². The molecule has 170 valence electrons. The lowest BCUT2D eigenvalue weighted by Crippen LogP contribution is -2.43. The molecule has 1 aromatic carbocycles. The zero-order valence-electron chi connectivity index (χ0n) is 19.0. The molecule has 8 heteroatoms. The number of aliphatic imine (C=N–C) groups is 1. The van der Waals surface area contributed by atoms with E-state index >= 15 is 0 Å². The summed E-state index contributed by atoms with van der Waals surface area (Å²) < 4.78 is 5.39. The number of hydrogen-bond donors (Lipinski definition) is 2. The van der Waals surface area contributed by atoms with Crippen LogP contribution in [0.3, 0.4) is 0 Å². The van der Waals surface area contributed by atoms with Gasteiger partial charge in [0.05, 0.1) is 11.5 Å². The molecule has 30 heavy (non-hydrogen) atoms. The summed E-state index contributed by atoms with van der Waals surface area (Å²) in [5, 5.41) is 17.7. The molecule has 0 saturated heterocycles. The highest BCUT2D eigenvalue weighted by Gasteiger charge is 2.08. The predicted molar refractivity (Wildman–Crippen MR) is 123 cm³/mol. The minimum atomic E-state index is -0.389. The number of hydrogen-bond acceptors (Lipinski definition) is 5. The van der Waals surface area contributed by atoms with Crippen molar-refractivity contribution in [3.63, 3.8) is 0 Å². The van der Waals surface area contributed by atoms with Gasteiger partial charge in [-0.2, -0.15) is 0 Å². The van der Waals surface area contributed by atoms with Gasteiger partial charge < -0.3 is 20.3 Å². The molecule has 0 aliphatic heterocycles. The molecule has 0 saturated carbocycles. The normalized spacial score (nSPS) is 12.8. The third-order valence-electron chi connectivity index (χ3n) is 4.92. The topological polar surface area (TPSA) is 92.0 Å². The summed E-state index contributed by atoms with van der Waals surface area (Å²) in [6, 6.07) is 6.84. The predicted octanol–water partition coefficient (Wildman–Crippen LogP) is 3.57. The fourth-order valence-corrected chi connectivity index (χ4v) is 3.04. The van der Waals surface area contributed by atoms with E-state index in [1.807, 2.05) is 6.92 Å². The number of nitro benzene ring substituents is 1. The summed E-state index contributed by atoms with van der Waals surface area (Å²) in [7, 11) is 0. The lowest BCUT2D eigenvalue weighted by molar-refractivity contribution is -0.384. The van der Waals surface area contributed by atoms with Gasteiger partial charge in [0, 0.05) is 37.9 Å². The van der Waals surface area contributed by atoms with Gasteiger partial charge >= 0.3 is 0 Å². The molecular formula is C22H39N5O3. The first kappa shape index (κ1) is 25.8. The third kappa shape index (κ3) is 11.1. The number of ether oxygens (including phenoxy) is 1. The molecule has 0 aliphatic rings. The molecule has 0 fully saturated rings. The molecule has 0 spiro atoms. The maximum Gasteiger partial charge on any atom is 0.269 e. The number of guanidine groups is 1. The van der Waals surface area contributed by atoms with Crippen LogP contribution in [0, 0.1) is 10.1 Å². The van der Waals surface area contributed by atoms with Gasteiger partial charge in [-0.3, -0.25) is 10.1 Å². The van der Waals surface area contributed by atoms with Gasteiger partial charge in [-0.1, -0.05) is 26.0 Å². The lowest BCUT2D eigenvalue weighted by atomic mass is 10.2. The molecule has 0 heterocycles. The Balaban J connectivity index is 2.61. The van der Waals surface area contributed by atoms with E-state index in [1.165, 1.54) is 12.1 Å². The Morgan fingerprint density at radius 3 is 2.50 bits per heavy atom. The van der Waals surface area contributed by atoms with Gasteiger partial charge in [0.15, 0.2) is 5.96 Å². The second-order valence-electron chi connectivity index (χ2n) is 7.28. The lowest BCUT2D eigenvalue weighted by Gasteiger charge is -2.21. The number of nitrogens with one attached hydrogen (secondary N) is 2. The molecule has 0 aromatic heterocycles. The van der Waals surface area contributed by atoms with Crippen molar-refractivity contribution in [1.82, 2.24) is 15.5 Å². The van der Waals surface area contributed by atoms with Crippen molar-refractivity contribution in [3.05, 3.63) is 39.9 Å². The third-order valence-corrected chi connectivity index (χ3v) is 4.92. The van der Waals surface area contributed by atoms with Crippen LogP contribution in [0.4, 0.5) is 5.69 Å². The minimum absolute atomic E-state index is 0.0944. The van der Waals surface area contributed by atoms with E-state index in [2.05, 4.69) is 41.3 Å². The molecule has 0 radical (unpaired) electrons. The Labute approximate surface area is 181 Å². The molecule has 0 bridgehead atoms. The monoisotopic (exact) mass is 421 g/mol. The zero-order chi connectivity index (χ0) is 22.2. The molecule has 1 unspecified atom stereocenters. The number of nitro groups is 1. The van der Waals surface area contributed by atoms with Crippen LogP contribution in [0.2, 0.25) is 0 Å². The van der Waals surface area contributed by atoms with Gasteiger partial charge in [0.25, 0.3) is 5.69 Å². The molecule has 1 atom stereocenters. The average molecular weight is 422 g/mol. The summed E-state index contributed by atoms with van der Waals surface area (Å²) in [4.78, 5) is 17.5. The highest BCUT2D eigenvalue weighted by molar-refractivity contribution is 5.80. The molecule has 1 rings (SSSR count). The van der Waals surface area contributed by atoms with Gasteiger partial charge in [0.1, 0.15) is 0 Å². The van der Waals surface area contributed by atoms with Crippen molar-refractivity contribution >= 4 is 11.6 Å². The second kappa shape index (κ2) is 15.6. The quantitative estimate of drug-likeness (QED) is 0.148. The molecule has 0 aliphatic carbocycles. The minimum Gasteiger partial charge on any atom is -0.382 e. The summed E-state index contributed by atoms with van der Waals surface area (Å²) in [5.41, 5.74) is 1.03. The molecule has 1 aromatic rings. The molecular weight excluding hydrogens is 382 g/mol. The van der Waals surface area contributed by atoms with Crippen LogP contribution < -0.4 is 10.6 Å². The SMILES string of the molecule is CCOCCCNC(=NCc1ccc([N+](=O)[O-])cc1)NC(C)CCCN(CC)CC. The van der Waals surface area contributed by atoms with E-state index in [0.29, 0.717) is 12.6 Å². The molecule has 2 N–H and O–H groups in total. The van der Waals surface area contributed by atoms with Crippen molar-refractivity contribution < 1.29 is 9.66 Å². The Kier molecular flexibility index (Phi) is 13.5. The Bertz CT molecular complexity index is 618. The fourth-order valence-electron chi connectivity index (χ4n) is 3.04. The zero-order valence-corrected chi connectivity index (χ0v) is 19.0. The average Bonchev–Trinajstić information content (AvgIpc) is 2.75. The van der Waals surface area contributed by atoms with E-state index in [9.17, 15) is 10.1 Å². The maximum absolute atomic E-state index is 10.8. The van der Waals surface area contributed by atoms with Crippen molar-refractivity contribution in [3.8, 4) is 0 Å². The van der Waals surface area contributed by atoms with Crippen LogP contribution in [-0.4, -0.2) is 61.2 Å². The van der Waals surface area contributed by atoms with E-state index < -0.39 is 0 Å². The van der Waals surface area contributed by atoms with Gasteiger partial charge in [-0.15, -0.1) is 0 Å². The van der Waals surface area contributed by atoms with Crippen LogP contribution in [0.15, 0.2) is 29.3 Å². The Morgan fingerprint density at radius 1 is 1.20 bits per heavy atom. The van der Waals surface area contributed by atoms with E-state index in [0.717, 1.165) is 70.2 Å². The Hall–Kier alpha value is -2.19. The number of benzene rings is 1. The van der Waals surface area contributed by atoms with Gasteiger partial charge in [0.2, 0.25) is 0 Å². The largest absolute Gasteiger partial charge is 0.382 e. The van der Waals surface area contributed by atoms with Crippen LogP contribution in [0.25, 0.3) is 0 Å². The van der Waals surface area contributed by atoms with E-state index in [1.54, 1.807) is 12.1 Å². The van der Waals surface area contributed by atoms with Crippen molar-refractivity contribution in [2.75, 3.05) is 39.4 Å². The maximum atomic E-state index is 10.8. The highest BCUT2D eigenvalue weighted by Crippen LogP contribution is 2.12. The van der Waals surface area contributed by atoms with Crippen LogP contribution in [-0.2, 0) is 11.3 Å². The van der Waals surface area contributed by atoms with Crippen molar-refractivity contribution in [1.29, 1.82) is 0 Å². The second-order valence-corrected chi connectivity index (χ2v) is 7.28. The first-order valence-electron chi connectivity index (χ1n) is 11.1. The summed E-state index contributed by atoms with van der Waals surface area (Å²) in [5.74, 6) is 0.764. The number of non-ortho nitro benzene ring substituents is 1. The first-order chi connectivity index (χ1) is 14.5. The van der Waals surface area contributed by atoms with Crippen molar-refractivity contribution in [2.45, 2.75) is 59.5 Å². The smallest absolute Gasteiger partial charge is 0.269 e. The fraction of sp³-hybridized carbons (Fsp3) is 0.682. The van der Waals surface area contributed by atoms with Gasteiger partial charge in [-0.05, 0) is 58.3 Å². The first-order valence-corrected chi connectivity index (χ1v) is 11.1. The summed E-state index contributed by atoms with van der Waals surface area (Å²) in [6.07, 6.45) is 3.10.